The van der Waals surface area contributed by atoms with Crippen LogP contribution in [0.5, 0.6) is 0 Å². The van der Waals surface area contributed by atoms with Gasteiger partial charge in [-0.15, -0.1) is 0 Å². The number of rotatable bonds is 2. The van der Waals surface area contributed by atoms with Gasteiger partial charge in [-0.25, -0.2) is 0 Å². The van der Waals surface area contributed by atoms with Gasteiger partial charge in [0.05, 0.1) is 6.42 Å². The monoisotopic (exact) mass is 203 g/mol. The summed E-state index contributed by atoms with van der Waals surface area (Å²) in [7, 11) is 0. The zero-order valence-electron chi connectivity index (χ0n) is 5.43. The minimum Gasteiger partial charge on any atom is -0.360 e. The first kappa shape index (κ1) is 7.47. The molecule has 0 unspecified atom stereocenters. The van der Waals surface area contributed by atoms with E-state index in [0.717, 1.165) is 0 Å². The molecule has 1 aromatic heterocycles. The van der Waals surface area contributed by atoms with Crippen LogP contribution in [0.2, 0.25) is 0 Å². The van der Waals surface area contributed by atoms with Crippen LogP contribution in [0.4, 0.5) is 0 Å². The fraction of sp³-hybridized carbons (Fsp3) is 0.333. The van der Waals surface area contributed by atoms with Crippen molar-refractivity contribution in [3.05, 3.63) is 16.4 Å². The lowest BCUT2D eigenvalue weighted by atomic mass is 10.2. The highest BCUT2D eigenvalue weighted by Gasteiger charge is 2.02. The van der Waals surface area contributed by atoms with Crippen molar-refractivity contribution >= 4 is 21.7 Å². The van der Waals surface area contributed by atoms with E-state index in [0.29, 0.717) is 16.8 Å². The van der Waals surface area contributed by atoms with Crippen LogP contribution < -0.4 is 0 Å². The molecule has 0 saturated carbocycles. The van der Waals surface area contributed by atoms with Gasteiger partial charge in [0, 0.05) is 6.07 Å². The third-order valence-electron chi connectivity index (χ3n) is 0.953. The molecule has 0 aliphatic rings. The Kier molecular flexibility index (Phi) is 2.21. The van der Waals surface area contributed by atoms with E-state index in [2.05, 4.69) is 21.1 Å². The van der Waals surface area contributed by atoms with Crippen LogP contribution in [0, 0.1) is 0 Å². The van der Waals surface area contributed by atoms with Gasteiger partial charge in [-0.3, -0.25) is 4.79 Å². The predicted octanol–water partition coefficient (Wildman–Crippen LogP) is 1.57. The van der Waals surface area contributed by atoms with E-state index in [1.165, 1.54) is 6.92 Å². The lowest BCUT2D eigenvalue weighted by Gasteiger charge is -1.84. The van der Waals surface area contributed by atoms with Crippen LogP contribution >= 0.6 is 15.9 Å². The third-order valence-corrected chi connectivity index (χ3v) is 1.33. The van der Waals surface area contributed by atoms with Crippen LogP contribution in [0.15, 0.2) is 15.2 Å². The molecule has 0 N–H and O–H groups in total. The molecule has 0 aliphatic heterocycles. The smallest absolute Gasteiger partial charge is 0.149 e. The maximum Gasteiger partial charge on any atom is 0.149 e. The van der Waals surface area contributed by atoms with Crippen LogP contribution in [0.1, 0.15) is 12.7 Å². The molecule has 0 aliphatic carbocycles. The Labute approximate surface area is 66.5 Å². The van der Waals surface area contributed by atoms with Crippen molar-refractivity contribution in [2.75, 3.05) is 0 Å². The third kappa shape index (κ3) is 1.95. The van der Waals surface area contributed by atoms with Gasteiger partial charge in [0.1, 0.15) is 16.1 Å². The molecule has 0 spiro atoms. The van der Waals surface area contributed by atoms with Crippen molar-refractivity contribution in [3.63, 3.8) is 0 Å². The SMILES string of the molecule is CC(=O)Cc1cc(Br)no1. The number of hydrogen-bond acceptors (Lipinski definition) is 3. The van der Waals surface area contributed by atoms with Gasteiger partial charge in [-0.05, 0) is 22.9 Å². The minimum absolute atomic E-state index is 0.0728. The maximum atomic E-state index is 10.5. The van der Waals surface area contributed by atoms with Crippen LogP contribution in [-0.4, -0.2) is 10.9 Å². The summed E-state index contributed by atoms with van der Waals surface area (Å²) in [5, 5.41) is 3.56. The first-order valence-corrected chi connectivity index (χ1v) is 3.58. The van der Waals surface area contributed by atoms with Crippen LogP contribution in [-0.2, 0) is 11.2 Å². The summed E-state index contributed by atoms with van der Waals surface area (Å²) in [4.78, 5) is 10.5. The number of carbonyl (C=O) groups excluding carboxylic acids is 1. The second-order valence-electron chi connectivity index (χ2n) is 1.99. The molecule has 3 nitrogen and oxygen atoms in total. The normalized spacial score (nSPS) is 9.80. The topological polar surface area (TPSA) is 43.1 Å². The number of carbonyl (C=O) groups is 1. The minimum atomic E-state index is 0.0728. The van der Waals surface area contributed by atoms with E-state index in [1.807, 2.05) is 0 Å². The van der Waals surface area contributed by atoms with Crippen molar-refractivity contribution in [3.8, 4) is 0 Å². The van der Waals surface area contributed by atoms with Crippen molar-refractivity contribution < 1.29 is 9.32 Å². The molecule has 54 valence electrons. The zero-order valence-corrected chi connectivity index (χ0v) is 7.01. The molecule has 0 aromatic carbocycles. The molecule has 1 aromatic rings. The quantitative estimate of drug-likeness (QED) is 0.734. The summed E-state index contributed by atoms with van der Waals surface area (Å²) >= 11 is 3.11. The predicted molar refractivity (Wildman–Crippen MR) is 38.6 cm³/mol. The second-order valence-corrected chi connectivity index (χ2v) is 2.81. The standard InChI is InChI=1S/C6H6BrNO2/c1-4(9)2-5-3-6(7)8-10-5/h3H,2H2,1H3. The Morgan fingerprint density at radius 3 is 3.00 bits per heavy atom. The molecular weight excluding hydrogens is 198 g/mol. The molecule has 4 heteroatoms. The highest BCUT2D eigenvalue weighted by Crippen LogP contribution is 2.09. The van der Waals surface area contributed by atoms with Crippen molar-refractivity contribution in [1.82, 2.24) is 5.16 Å². The number of Topliss-reactive ketones (excluding diaryl/α,β-unsaturated/α-hetero) is 1. The van der Waals surface area contributed by atoms with Gasteiger partial charge >= 0.3 is 0 Å². The van der Waals surface area contributed by atoms with Crippen molar-refractivity contribution in [2.24, 2.45) is 0 Å². The van der Waals surface area contributed by atoms with Gasteiger partial charge in [-0.1, -0.05) is 5.16 Å². The highest BCUT2D eigenvalue weighted by atomic mass is 79.9. The average Bonchev–Trinajstić information content (AvgIpc) is 2.13. The van der Waals surface area contributed by atoms with Gasteiger partial charge < -0.3 is 4.52 Å². The molecular formula is C6H6BrNO2. The number of nitrogens with zero attached hydrogens (tertiary/aromatic N) is 1. The van der Waals surface area contributed by atoms with Gasteiger partial charge in [0.2, 0.25) is 0 Å². The largest absolute Gasteiger partial charge is 0.360 e. The van der Waals surface area contributed by atoms with Crippen molar-refractivity contribution in [1.29, 1.82) is 0 Å². The van der Waals surface area contributed by atoms with Gasteiger partial charge in [0.25, 0.3) is 0 Å². The molecule has 1 rings (SSSR count). The Hall–Kier alpha value is -0.640. The summed E-state index contributed by atoms with van der Waals surface area (Å²) in [6.45, 7) is 1.51. The zero-order chi connectivity index (χ0) is 7.56. The van der Waals surface area contributed by atoms with Gasteiger partial charge in [-0.2, -0.15) is 0 Å². The lowest BCUT2D eigenvalue weighted by molar-refractivity contribution is -0.116. The Morgan fingerprint density at radius 1 is 1.90 bits per heavy atom. The molecule has 0 bridgehead atoms. The highest BCUT2D eigenvalue weighted by molar-refractivity contribution is 9.10. The number of halogens is 1. The summed E-state index contributed by atoms with van der Waals surface area (Å²) < 4.78 is 5.39. The summed E-state index contributed by atoms with van der Waals surface area (Å²) in [5.74, 6) is 0.669. The summed E-state index contributed by atoms with van der Waals surface area (Å²) in [5.41, 5.74) is 0. The Bertz CT molecular complexity index is 244. The second kappa shape index (κ2) is 2.96. The molecule has 0 radical (unpaired) electrons. The van der Waals surface area contributed by atoms with E-state index in [9.17, 15) is 4.79 Å². The van der Waals surface area contributed by atoms with E-state index in [4.69, 9.17) is 4.52 Å². The molecule has 0 fully saturated rings. The molecule has 0 atom stereocenters. The molecule has 0 amide bonds. The Balaban J connectivity index is 2.67. The van der Waals surface area contributed by atoms with E-state index in [-0.39, 0.29) is 5.78 Å². The van der Waals surface area contributed by atoms with Crippen LogP contribution in [0.25, 0.3) is 0 Å². The summed E-state index contributed by atoms with van der Waals surface area (Å²) in [6.07, 6.45) is 0.318. The first-order chi connectivity index (χ1) is 4.68. The van der Waals surface area contributed by atoms with E-state index < -0.39 is 0 Å². The molecule has 0 saturated heterocycles. The average molecular weight is 204 g/mol. The number of hydrogen-bond donors (Lipinski definition) is 0. The van der Waals surface area contributed by atoms with Crippen molar-refractivity contribution in [2.45, 2.75) is 13.3 Å². The maximum absolute atomic E-state index is 10.5. The van der Waals surface area contributed by atoms with E-state index >= 15 is 0 Å². The fourth-order valence-corrected chi connectivity index (χ4v) is 0.944. The molecule has 10 heavy (non-hydrogen) atoms. The molecule has 1 heterocycles. The Morgan fingerprint density at radius 2 is 2.60 bits per heavy atom. The first-order valence-electron chi connectivity index (χ1n) is 2.79. The number of ketones is 1. The number of aromatic nitrogens is 1. The fourth-order valence-electron chi connectivity index (χ4n) is 0.616. The van der Waals surface area contributed by atoms with Gasteiger partial charge in [0.15, 0.2) is 0 Å². The van der Waals surface area contributed by atoms with E-state index in [1.54, 1.807) is 6.07 Å². The lowest BCUT2D eigenvalue weighted by Crippen LogP contribution is -1.93. The summed E-state index contributed by atoms with van der Waals surface area (Å²) in [6, 6.07) is 1.68. The van der Waals surface area contributed by atoms with Crippen LogP contribution in [0.3, 0.4) is 0 Å².